The van der Waals surface area contributed by atoms with Crippen molar-refractivity contribution >= 4 is 29.7 Å². The molecule has 0 unspecified atom stereocenters. The Labute approximate surface area is 301 Å². The lowest BCUT2D eigenvalue weighted by molar-refractivity contribution is -0.130. The zero-order valence-corrected chi connectivity index (χ0v) is 30.2. The molecule has 1 aromatic heterocycles. The van der Waals surface area contributed by atoms with Crippen molar-refractivity contribution in [1.29, 1.82) is 0 Å². The van der Waals surface area contributed by atoms with Crippen LogP contribution in [-0.2, 0) is 16.0 Å². The highest BCUT2D eigenvalue weighted by Crippen LogP contribution is 2.35. The van der Waals surface area contributed by atoms with Gasteiger partial charge in [-0.3, -0.25) is 9.59 Å². The van der Waals surface area contributed by atoms with Crippen molar-refractivity contribution in [2.75, 3.05) is 37.6 Å². The lowest BCUT2D eigenvalue weighted by Gasteiger charge is -2.27. The number of aromatic nitrogens is 3. The number of carbonyl (C=O) groups is 4. The van der Waals surface area contributed by atoms with Crippen molar-refractivity contribution in [3.8, 4) is 11.6 Å². The Kier molecular flexibility index (Phi) is 11.4. The van der Waals surface area contributed by atoms with Crippen LogP contribution in [0.1, 0.15) is 74.2 Å². The van der Waals surface area contributed by atoms with Crippen LogP contribution in [0.2, 0.25) is 0 Å². The number of amides is 3. The molecule has 0 bridgehead atoms. The molecular weight excluding hydrogens is 673 g/mol. The molecule has 0 radical (unpaired) electrons. The number of nitrogens with zero attached hydrogens (tertiary/aromatic N) is 6. The van der Waals surface area contributed by atoms with Gasteiger partial charge in [0.15, 0.2) is 5.82 Å². The van der Waals surface area contributed by atoms with Gasteiger partial charge in [-0.2, -0.15) is 0 Å². The second-order valence-electron chi connectivity index (χ2n) is 14.0. The first-order valence-electron chi connectivity index (χ1n) is 17.1. The fourth-order valence-electron chi connectivity index (χ4n) is 6.37. The smallest absolute Gasteiger partial charge is 0.407 e. The molecule has 14 nitrogen and oxygen atoms in total. The monoisotopic (exact) mass is 717 g/mol. The summed E-state index contributed by atoms with van der Waals surface area (Å²) in [5.41, 5.74) is 1.89. The molecule has 0 saturated heterocycles. The van der Waals surface area contributed by atoms with E-state index in [1.807, 2.05) is 25.7 Å². The average Bonchev–Trinajstić information content (AvgIpc) is 3.65. The van der Waals surface area contributed by atoms with Crippen molar-refractivity contribution < 1.29 is 38.1 Å². The van der Waals surface area contributed by atoms with Crippen molar-refractivity contribution in [1.82, 2.24) is 30.3 Å². The molecule has 3 amide bonds. The van der Waals surface area contributed by atoms with E-state index in [2.05, 4.69) is 20.5 Å². The number of ether oxygens (including phenoxy) is 2. The van der Waals surface area contributed by atoms with Crippen LogP contribution in [0.3, 0.4) is 0 Å². The van der Waals surface area contributed by atoms with Crippen molar-refractivity contribution in [2.45, 2.75) is 72.1 Å². The number of nitrogens with one attached hydrogen (secondary N) is 1. The summed E-state index contributed by atoms with van der Waals surface area (Å²) in [5.74, 6) is -1.74. The highest BCUT2D eigenvalue weighted by Gasteiger charge is 2.35. The van der Waals surface area contributed by atoms with Gasteiger partial charge in [-0.15, -0.1) is 10.2 Å². The van der Waals surface area contributed by atoms with Gasteiger partial charge in [-0.05, 0) is 88.9 Å². The van der Waals surface area contributed by atoms with Crippen molar-refractivity contribution in [2.24, 2.45) is 0 Å². The topological polar surface area (TPSA) is 167 Å². The highest BCUT2D eigenvalue weighted by atomic mass is 19.1. The van der Waals surface area contributed by atoms with E-state index in [0.29, 0.717) is 44.1 Å². The SMILES string of the molecule is CCN(C(=O)c1cc(F)ccc1Oc1nncnc1N1CC2=C(CN(C(=O)C[C@@H](Cc3ccccc3C(=O)O)NC(=O)OC(C)(C)C)C2)C1)C(C)C. The second-order valence-corrected chi connectivity index (χ2v) is 14.0. The number of aromatic carboxylic acids is 1. The molecule has 52 heavy (non-hydrogen) atoms. The molecule has 5 rings (SSSR count). The van der Waals surface area contributed by atoms with Crippen LogP contribution in [-0.4, -0.2) is 104 Å². The van der Waals surface area contributed by atoms with E-state index in [9.17, 15) is 28.7 Å². The van der Waals surface area contributed by atoms with Gasteiger partial charge < -0.3 is 34.6 Å². The summed E-state index contributed by atoms with van der Waals surface area (Å²) < 4.78 is 25.9. The summed E-state index contributed by atoms with van der Waals surface area (Å²) in [7, 11) is 0. The predicted octanol–water partition coefficient (Wildman–Crippen LogP) is 4.86. The number of carboxylic acids is 1. The zero-order valence-electron chi connectivity index (χ0n) is 30.2. The molecule has 3 aromatic rings. The third-order valence-electron chi connectivity index (χ3n) is 8.71. The Balaban J connectivity index is 1.27. The van der Waals surface area contributed by atoms with Crippen molar-refractivity contribution in [3.63, 3.8) is 0 Å². The quantitative estimate of drug-likeness (QED) is 0.246. The Morgan fingerprint density at radius 3 is 2.35 bits per heavy atom. The molecule has 15 heteroatoms. The van der Waals surface area contributed by atoms with Crippen LogP contribution in [0.25, 0.3) is 0 Å². The average molecular weight is 718 g/mol. The molecule has 2 aromatic carbocycles. The van der Waals surface area contributed by atoms with Crippen molar-refractivity contribution in [3.05, 3.63) is 82.4 Å². The molecule has 276 valence electrons. The third kappa shape index (κ3) is 9.00. The molecule has 0 aliphatic carbocycles. The maximum atomic E-state index is 14.3. The molecule has 2 aliphatic heterocycles. The largest absolute Gasteiger partial charge is 0.478 e. The first-order valence-corrected chi connectivity index (χ1v) is 17.1. The Hall–Kier alpha value is -5.60. The molecule has 0 saturated carbocycles. The Morgan fingerprint density at radius 2 is 1.71 bits per heavy atom. The van der Waals surface area contributed by atoms with Gasteiger partial charge in [0.05, 0.1) is 11.1 Å². The number of carboxylic acid groups (broad SMARTS) is 1. The minimum absolute atomic E-state index is 0.0440. The normalized spacial score (nSPS) is 14.7. The van der Waals surface area contributed by atoms with Gasteiger partial charge in [0.2, 0.25) is 5.91 Å². The van der Waals surface area contributed by atoms with Gasteiger partial charge in [0.1, 0.15) is 23.5 Å². The van der Waals surface area contributed by atoms with Crippen LogP contribution < -0.4 is 15.0 Å². The number of halogens is 1. The molecule has 0 spiro atoms. The number of alkyl carbamates (subject to hydrolysis) is 1. The van der Waals surface area contributed by atoms with E-state index < -0.39 is 29.5 Å². The predicted molar refractivity (Wildman–Crippen MR) is 189 cm³/mol. The number of hydrogen-bond acceptors (Lipinski definition) is 10. The number of rotatable bonds is 12. The van der Waals surface area contributed by atoms with Crippen LogP contribution in [0.15, 0.2) is 59.9 Å². The standard InChI is InChI=1S/C37H44FN7O7/c1-7-45(22(2)3)34(47)29-15-26(38)12-13-30(29)51-33-32(39-21-40-42-33)44-19-24-17-43(18-25(24)20-44)31(46)16-27(41-36(50)52-37(4,5)6)14-23-10-8-9-11-28(23)35(48)49/h8-13,15,21-22,27H,7,14,16-20H2,1-6H3,(H,41,50)(H,48,49)/t27-/m1/s1. The minimum Gasteiger partial charge on any atom is -0.478 e. The first kappa shape index (κ1) is 37.7. The number of hydrogen-bond donors (Lipinski definition) is 2. The number of benzene rings is 2. The summed E-state index contributed by atoms with van der Waals surface area (Å²) in [6.45, 7) is 12.8. The maximum absolute atomic E-state index is 14.3. The highest BCUT2D eigenvalue weighted by molar-refractivity contribution is 5.97. The lowest BCUT2D eigenvalue weighted by atomic mass is 9.98. The van der Waals surface area contributed by atoms with E-state index in [4.69, 9.17) is 9.47 Å². The minimum atomic E-state index is -1.10. The molecule has 2 aliphatic rings. The van der Waals surface area contributed by atoms with Gasteiger partial charge in [0.25, 0.3) is 11.8 Å². The number of anilines is 1. The number of carbonyl (C=O) groups excluding carboxylic acids is 3. The fourth-order valence-corrected chi connectivity index (χ4v) is 6.37. The lowest BCUT2D eigenvalue weighted by Crippen LogP contribution is -2.44. The van der Waals surface area contributed by atoms with Gasteiger partial charge in [-0.1, -0.05) is 18.2 Å². The molecule has 2 N–H and O–H groups in total. The van der Waals surface area contributed by atoms with E-state index in [1.165, 1.54) is 24.5 Å². The third-order valence-corrected chi connectivity index (χ3v) is 8.71. The van der Waals surface area contributed by atoms with E-state index in [1.54, 1.807) is 48.8 Å². The van der Waals surface area contributed by atoms with Gasteiger partial charge in [0, 0.05) is 51.2 Å². The summed E-state index contributed by atoms with van der Waals surface area (Å²) in [6.07, 6.45) is 0.625. The van der Waals surface area contributed by atoms with Crippen LogP contribution in [0.5, 0.6) is 11.6 Å². The molecule has 1 atom stereocenters. The van der Waals surface area contributed by atoms with E-state index >= 15 is 0 Å². The summed E-state index contributed by atoms with van der Waals surface area (Å²) >= 11 is 0. The first-order chi connectivity index (χ1) is 24.6. The summed E-state index contributed by atoms with van der Waals surface area (Å²) in [5, 5.41) is 20.5. The summed E-state index contributed by atoms with van der Waals surface area (Å²) in [4.78, 5) is 61.3. The molecule has 3 heterocycles. The Morgan fingerprint density at radius 1 is 1.02 bits per heavy atom. The van der Waals surface area contributed by atoms with Gasteiger partial charge >= 0.3 is 12.1 Å². The van der Waals surface area contributed by atoms with Gasteiger partial charge in [-0.25, -0.2) is 19.0 Å². The van der Waals surface area contributed by atoms with Crippen LogP contribution in [0.4, 0.5) is 15.0 Å². The fraction of sp³-hybridized carbons (Fsp3) is 0.432. The van der Waals surface area contributed by atoms with E-state index in [-0.39, 0.29) is 53.5 Å². The zero-order chi connectivity index (χ0) is 37.7. The molecule has 0 fully saturated rings. The second kappa shape index (κ2) is 15.7. The maximum Gasteiger partial charge on any atom is 0.407 e. The Bertz CT molecular complexity index is 1860. The van der Waals surface area contributed by atoms with Crippen LogP contribution in [0, 0.1) is 5.82 Å². The molecular formula is C37H44FN7O7. The van der Waals surface area contributed by atoms with E-state index in [0.717, 1.165) is 17.2 Å². The summed E-state index contributed by atoms with van der Waals surface area (Å²) in [6, 6.07) is 9.37. The van der Waals surface area contributed by atoms with Crippen LogP contribution >= 0.6 is 0 Å².